The molecule has 0 unspecified atom stereocenters. The molecule has 0 fully saturated rings. The number of alkyl halides is 3. The summed E-state index contributed by atoms with van der Waals surface area (Å²) in [5.74, 6) is 0.656. The standard InChI is InChI=1S/C14H12F3N3O2S/c1-2-23-12-7-11(21)10-6-9(14(15,16)17)5-8(13(10)22-12)3-4-19-20-18/h5-7H,2-4H2,1H3. The predicted molar refractivity (Wildman–Crippen MR) is 81.6 cm³/mol. The average Bonchev–Trinajstić information content (AvgIpc) is 2.47. The van der Waals surface area contributed by atoms with Crippen molar-refractivity contribution >= 4 is 22.7 Å². The lowest BCUT2D eigenvalue weighted by molar-refractivity contribution is -0.137. The minimum Gasteiger partial charge on any atom is -0.449 e. The van der Waals surface area contributed by atoms with E-state index >= 15 is 0 Å². The van der Waals surface area contributed by atoms with Gasteiger partial charge in [0.05, 0.1) is 10.9 Å². The van der Waals surface area contributed by atoms with Crippen LogP contribution in [-0.2, 0) is 12.6 Å². The molecule has 23 heavy (non-hydrogen) atoms. The van der Waals surface area contributed by atoms with Gasteiger partial charge in [0.2, 0.25) is 0 Å². The van der Waals surface area contributed by atoms with Crippen LogP contribution in [0, 0.1) is 0 Å². The highest BCUT2D eigenvalue weighted by Gasteiger charge is 2.32. The Labute approximate surface area is 133 Å². The molecule has 9 heteroatoms. The zero-order valence-electron chi connectivity index (χ0n) is 12.1. The van der Waals surface area contributed by atoms with E-state index in [0.717, 1.165) is 12.1 Å². The predicted octanol–water partition coefficient (Wildman–Crippen LogP) is 4.78. The minimum absolute atomic E-state index is 0.0260. The Morgan fingerprint density at radius 1 is 1.35 bits per heavy atom. The van der Waals surface area contributed by atoms with Gasteiger partial charge >= 0.3 is 6.18 Å². The summed E-state index contributed by atoms with van der Waals surface area (Å²) in [6.07, 6.45) is -4.53. The topological polar surface area (TPSA) is 79.0 Å². The number of hydrogen-bond acceptors (Lipinski definition) is 4. The molecule has 0 aliphatic carbocycles. The third-order valence-corrected chi connectivity index (χ3v) is 3.82. The van der Waals surface area contributed by atoms with E-state index < -0.39 is 17.2 Å². The van der Waals surface area contributed by atoms with Crippen LogP contribution in [0.5, 0.6) is 0 Å². The van der Waals surface area contributed by atoms with Gasteiger partial charge in [-0.05, 0) is 35.4 Å². The molecular weight excluding hydrogens is 331 g/mol. The lowest BCUT2D eigenvalue weighted by Gasteiger charge is -2.12. The van der Waals surface area contributed by atoms with Crippen LogP contribution in [0.1, 0.15) is 18.1 Å². The van der Waals surface area contributed by atoms with E-state index in [2.05, 4.69) is 10.0 Å². The van der Waals surface area contributed by atoms with Crippen LogP contribution in [0.15, 0.2) is 37.6 Å². The van der Waals surface area contributed by atoms with Crippen LogP contribution in [-0.4, -0.2) is 12.3 Å². The Morgan fingerprint density at radius 3 is 2.70 bits per heavy atom. The molecule has 1 aromatic carbocycles. The first-order chi connectivity index (χ1) is 10.9. The first-order valence-corrected chi connectivity index (χ1v) is 7.67. The highest BCUT2D eigenvalue weighted by Crippen LogP contribution is 2.33. The molecule has 1 aromatic heterocycles. The van der Waals surface area contributed by atoms with E-state index in [4.69, 9.17) is 9.95 Å². The maximum absolute atomic E-state index is 13.0. The highest BCUT2D eigenvalue weighted by atomic mass is 32.2. The van der Waals surface area contributed by atoms with Gasteiger partial charge in [-0.15, -0.1) is 0 Å². The summed E-state index contributed by atoms with van der Waals surface area (Å²) < 4.78 is 44.6. The smallest absolute Gasteiger partial charge is 0.416 e. The lowest BCUT2D eigenvalue weighted by Crippen LogP contribution is -2.10. The van der Waals surface area contributed by atoms with Gasteiger partial charge in [-0.3, -0.25) is 4.79 Å². The van der Waals surface area contributed by atoms with Crippen molar-refractivity contribution in [1.29, 1.82) is 0 Å². The number of benzene rings is 1. The van der Waals surface area contributed by atoms with Crippen molar-refractivity contribution < 1.29 is 17.6 Å². The summed E-state index contributed by atoms with van der Waals surface area (Å²) in [5, 5.41) is 3.54. The molecule has 5 nitrogen and oxygen atoms in total. The SMILES string of the molecule is CCSc1cc(=O)c2cc(C(F)(F)F)cc(CCN=[N+]=[N-])c2o1. The Hall–Kier alpha value is -2.12. The Bertz CT molecular complexity index is 826. The second-order valence-corrected chi connectivity index (χ2v) is 5.85. The number of rotatable bonds is 5. The van der Waals surface area contributed by atoms with Crippen LogP contribution < -0.4 is 5.43 Å². The molecule has 0 saturated carbocycles. The number of thioether (sulfide) groups is 1. The van der Waals surface area contributed by atoms with Crippen molar-refractivity contribution in [2.75, 3.05) is 12.3 Å². The summed E-state index contributed by atoms with van der Waals surface area (Å²) >= 11 is 1.28. The van der Waals surface area contributed by atoms with E-state index in [1.54, 1.807) is 0 Å². The van der Waals surface area contributed by atoms with Crippen molar-refractivity contribution in [2.24, 2.45) is 5.11 Å². The first-order valence-electron chi connectivity index (χ1n) is 6.68. The second-order valence-electron chi connectivity index (χ2n) is 4.58. The summed E-state index contributed by atoms with van der Waals surface area (Å²) in [7, 11) is 0. The monoisotopic (exact) mass is 343 g/mol. The van der Waals surface area contributed by atoms with Gasteiger partial charge in [-0.2, -0.15) is 13.2 Å². The van der Waals surface area contributed by atoms with E-state index in [-0.39, 0.29) is 29.5 Å². The third kappa shape index (κ3) is 4.00. The molecular formula is C14H12F3N3O2S. The number of fused-ring (bicyclic) bond motifs is 1. The fourth-order valence-corrected chi connectivity index (χ4v) is 2.70. The molecule has 0 radical (unpaired) electrons. The van der Waals surface area contributed by atoms with Crippen molar-refractivity contribution in [1.82, 2.24) is 0 Å². The van der Waals surface area contributed by atoms with Gasteiger partial charge in [0, 0.05) is 17.5 Å². The van der Waals surface area contributed by atoms with Crippen molar-refractivity contribution in [2.45, 2.75) is 24.6 Å². The first kappa shape index (κ1) is 17.2. The van der Waals surface area contributed by atoms with Crippen molar-refractivity contribution in [3.05, 3.63) is 50.0 Å². The summed E-state index contributed by atoms with van der Waals surface area (Å²) in [5.41, 5.74) is 7.14. The minimum atomic E-state index is -4.58. The zero-order valence-corrected chi connectivity index (χ0v) is 12.9. The van der Waals surface area contributed by atoms with Gasteiger partial charge < -0.3 is 4.42 Å². The largest absolute Gasteiger partial charge is 0.449 e. The molecule has 122 valence electrons. The van der Waals surface area contributed by atoms with Gasteiger partial charge in [-0.25, -0.2) is 0 Å². The molecule has 0 atom stereocenters. The Balaban J connectivity index is 2.69. The third-order valence-electron chi connectivity index (χ3n) is 3.04. The molecule has 0 bridgehead atoms. The van der Waals surface area contributed by atoms with Gasteiger partial charge in [-0.1, -0.05) is 23.8 Å². The molecule has 0 spiro atoms. The number of hydrogen-bond donors (Lipinski definition) is 0. The molecule has 0 aliphatic heterocycles. The van der Waals surface area contributed by atoms with Gasteiger partial charge in [0.1, 0.15) is 5.58 Å². The second kappa shape index (κ2) is 6.97. The maximum Gasteiger partial charge on any atom is 0.416 e. The fraction of sp³-hybridized carbons (Fsp3) is 0.357. The Morgan fingerprint density at radius 2 is 2.09 bits per heavy atom. The fourth-order valence-electron chi connectivity index (χ4n) is 2.09. The molecule has 0 aliphatic rings. The summed E-state index contributed by atoms with van der Waals surface area (Å²) in [4.78, 5) is 14.7. The van der Waals surface area contributed by atoms with Crippen LogP contribution >= 0.6 is 11.8 Å². The molecule has 2 aromatic rings. The van der Waals surface area contributed by atoms with Gasteiger partial charge in [0.15, 0.2) is 10.5 Å². The average molecular weight is 343 g/mol. The molecule has 1 heterocycles. The van der Waals surface area contributed by atoms with Crippen LogP contribution in [0.25, 0.3) is 21.4 Å². The van der Waals surface area contributed by atoms with Crippen molar-refractivity contribution in [3.8, 4) is 0 Å². The van der Waals surface area contributed by atoms with Crippen LogP contribution in [0.2, 0.25) is 0 Å². The number of halogens is 3. The molecule has 0 saturated heterocycles. The van der Waals surface area contributed by atoms with E-state index in [0.29, 0.717) is 10.8 Å². The normalized spacial score (nSPS) is 11.5. The van der Waals surface area contributed by atoms with Gasteiger partial charge in [0.25, 0.3) is 0 Å². The van der Waals surface area contributed by atoms with E-state index in [1.807, 2.05) is 6.92 Å². The lowest BCUT2D eigenvalue weighted by atomic mass is 10.0. The number of nitrogens with zero attached hydrogens (tertiary/aromatic N) is 3. The molecule has 0 N–H and O–H groups in total. The van der Waals surface area contributed by atoms with E-state index in [1.165, 1.54) is 17.8 Å². The quantitative estimate of drug-likeness (QED) is 0.339. The molecule has 0 amide bonds. The van der Waals surface area contributed by atoms with E-state index in [9.17, 15) is 18.0 Å². The van der Waals surface area contributed by atoms with Crippen molar-refractivity contribution in [3.63, 3.8) is 0 Å². The highest BCUT2D eigenvalue weighted by molar-refractivity contribution is 7.99. The Kier molecular flexibility index (Phi) is 5.23. The molecule has 2 rings (SSSR count). The van der Waals surface area contributed by atoms with Crippen LogP contribution in [0.3, 0.4) is 0 Å². The summed E-state index contributed by atoms with van der Waals surface area (Å²) in [6.45, 7) is 1.84. The maximum atomic E-state index is 13.0. The summed E-state index contributed by atoms with van der Waals surface area (Å²) in [6, 6.07) is 2.91. The van der Waals surface area contributed by atoms with Crippen LogP contribution in [0.4, 0.5) is 13.2 Å². The zero-order chi connectivity index (χ0) is 17.0. The number of azide groups is 1.